The smallest absolute Gasteiger partial charge is 0.0804 e. The molecule has 3 unspecified atom stereocenters. The molecule has 0 aromatic heterocycles. The lowest BCUT2D eigenvalue weighted by molar-refractivity contribution is 0.00638. The Morgan fingerprint density at radius 3 is 2.17 bits per heavy atom. The molecule has 1 rings (SSSR count). The molecule has 3 atom stereocenters. The van der Waals surface area contributed by atoms with E-state index in [1.54, 1.807) is 18.2 Å². The SMILES string of the molecule is CCCC(O)C(O)CC(C)c1c(Cl)cccc1Cl. The number of rotatable bonds is 6. The van der Waals surface area contributed by atoms with Gasteiger partial charge < -0.3 is 10.2 Å². The second kappa shape index (κ2) is 7.34. The van der Waals surface area contributed by atoms with Crippen LogP contribution in [0.2, 0.25) is 10.0 Å². The first kappa shape index (κ1) is 15.8. The summed E-state index contributed by atoms with van der Waals surface area (Å²) in [6.07, 6.45) is 0.472. The van der Waals surface area contributed by atoms with E-state index in [1.165, 1.54) is 0 Å². The van der Waals surface area contributed by atoms with E-state index < -0.39 is 12.2 Å². The predicted octanol–water partition coefficient (Wildman–Crippen LogP) is 4.01. The highest BCUT2D eigenvalue weighted by atomic mass is 35.5. The van der Waals surface area contributed by atoms with Crippen molar-refractivity contribution in [1.82, 2.24) is 0 Å². The lowest BCUT2D eigenvalue weighted by Gasteiger charge is -2.22. The van der Waals surface area contributed by atoms with Crippen molar-refractivity contribution >= 4 is 23.2 Å². The molecule has 0 heterocycles. The number of hydrogen-bond donors (Lipinski definition) is 2. The van der Waals surface area contributed by atoms with Gasteiger partial charge in [0.2, 0.25) is 0 Å². The minimum atomic E-state index is -0.743. The number of aliphatic hydroxyl groups excluding tert-OH is 2. The molecule has 0 fully saturated rings. The van der Waals surface area contributed by atoms with Gasteiger partial charge in [-0.15, -0.1) is 0 Å². The molecule has 0 saturated carbocycles. The van der Waals surface area contributed by atoms with Crippen LogP contribution in [0.1, 0.15) is 44.6 Å². The first-order valence-corrected chi connectivity index (χ1v) is 7.03. The van der Waals surface area contributed by atoms with Crippen molar-refractivity contribution < 1.29 is 10.2 Å². The maximum Gasteiger partial charge on any atom is 0.0804 e. The average molecular weight is 291 g/mol. The fraction of sp³-hybridized carbons (Fsp3) is 0.571. The second-order valence-corrected chi connectivity index (χ2v) is 5.51. The fourth-order valence-electron chi connectivity index (χ4n) is 2.11. The maximum atomic E-state index is 9.93. The first-order valence-electron chi connectivity index (χ1n) is 6.27. The van der Waals surface area contributed by atoms with Crippen molar-refractivity contribution in [1.29, 1.82) is 0 Å². The molecule has 0 amide bonds. The average Bonchev–Trinajstić information content (AvgIpc) is 2.28. The Hall–Kier alpha value is -0.280. The second-order valence-electron chi connectivity index (χ2n) is 4.70. The molecule has 0 aliphatic heterocycles. The molecule has 102 valence electrons. The summed E-state index contributed by atoms with van der Waals surface area (Å²) in [7, 11) is 0. The Bertz CT molecular complexity index is 362. The zero-order chi connectivity index (χ0) is 13.7. The summed E-state index contributed by atoms with van der Waals surface area (Å²) in [5.74, 6) is 0.00714. The van der Waals surface area contributed by atoms with Crippen molar-refractivity contribution in [3.63, 3.8) is 0 Å². The molecular formula is C14H20Cl2O2. The number of benzene rings is 1. The zero-order valence-electron chi connectivity index (χ0n) is 10.7. The lowest BCUT2D eigenvalue weighted by atomic mass is 9.92. The van der Waals surface area contributed by atoms with Gasteiger partial charge in [0.05, 0.1) is 12.2 Å². The Kier molecular flexibility index (Phi) is 6.44. The van der Waals surface area contributed by atoms with E-state index >= 15 is 0 Å². The summed E-state index contributed by atoms with van der Waals surface area (Å²) < 4.78 is 0. The van der Waals surface area contributed by atoms with Crippen LogP contribution in [0.3, 0.4) is 0 Å². The largest absolute Gasteiger partial charge is 0.390 e. The summed E-state index contributed by atoms with van der Waals surface area (Å²) in [5, 5.41) is 20.9. The molecule has 1 aromatic rings. The van der Waals surface area contributed by atoms with Gasteiger partial charge >= 0.3 is 0 Å². The van der Waals surface area contributed by atoms with Crippen molar-refractivity contribution in [2.75, 3.05) is 0 Å². The van der Waals surface area contributed by atoms with Crippen LogP contribution < -0.4 is 0 Å². The van der Waals surface area contributed by atoms with Gasteiger partial charge in [-0.3, -0.25) is 0 Å². The molecule has 18 heavy (non-hydrogen) atoms. The number of hydrogen-bond acceptors (Lipinski definition) is 2. The third-order valence-corrected chi connectivity index (χ3v) is 3.78. The summed E-state index contributed by atoms with van der Waals surface area (Å²) in [6.45, 7) is 3.93. The maximum absolute atomic E-state index is 9.93. The van der Waals surface area contributed by atoms with Crippen molar-refractivity contribution in [2.24, 2.45) is 0 Å². The Labute approximate surface area is 119 Å². The Morgan fingerprint density at radius 1 is 1.11 bits per heavy atom. The van der Waals surface area contributed by atoms with Crippen LogP contribution in [0, 0.1) is 0 Å². The minimum Gasteiger partial charge on any atom is -0.390 e. The molecule has 0 saturated heterocycles. The summed E-state index contributed by atoms with van der Waals surface area (Å²) in [5.41, 5.74) is 0.837. The summed E-state index contributed by atoms with van der Waals surface area (Å²) in [4.78, 5) is 0. The van der Waals surface area contributed by atoms with Crippen LogP contribution in [0.5, 0.6) is 0 Å². The highest BCUT2D eigenvalue weighted by Gasteiger charge is 2.21. The van der Waals surface area contributed by atoms with E-state index in [9.17, 15) is 10.2 Å². The summed E-state index contributed by atoms with van der Waals surface area (Å²) >= 11 is 12.2. The van der Waals surface area contributed by atoms with Gasteiger partial charge in [0.25, 0.3) is 0 Å². The van der Waals surface area contributed by atoms with Crippen LogP contribution in [0.15, 0.2) is 18.2 Å². The van der Waals surface area contributed by atoms with Crippen LogP contribution in [0.4, 0.5) is 0 Å². The summed E-state index contributed by atoms with van der Waals surface area (Å²) in [6, 6.07) is 5.37. The highest BCUT2D eigenvalue weighted by Crippen LogP contribution is 2.34. The van der Waals surface area contributed by atoms with Crippen molar-refractivity contribution in [2.45, 2.75) is 51.2 Å². The molecule has 2 N–H and O–H groups in total. The van der Waals surface area contributed by atoms with E-state index in [0.29, 0.717) is 22.9 Å². The lowest BCUT2D eigenvalue weighted by Crippen LogP contribution is -2.27. The van der Waals surface area contributed by atoms with Gasteiger partial charge in [0.15, 0.2) is 0 Å². The molecule has 4 heteroatoms. The molecule has 0 spiro atoms. The molecule has 0 aliphatic rings. The standard InChI is InChI=1S/C14H20Cl2O2/c1-3-5-12(17)13(18)8-9(2)14-10(15)6-4-7-11(14)16/h4,6-7,9,12-13,17-18H,3,5,8H2,1-2H3. The van der Waals surface area contributed by atoms with E-state index in [-0.39, 0.29) is 5.92 Å². The van der Waals surface area contributed by atoms with E-state index in [1.807, 2.05) is 13.8 Å². The Balaban J connectivity index is 2.73. The molecule has 0 radical (unpaired) electrons. The van der Waals surface area contributed by atoms with Gasteiger partial charge in [0, 0.05) is 10.0 Å². The van der Waals surface area contributed by atoms with Crippen LogP contribution >= 0.6 is 23.2 Å². The monoisotopic (exact) mass is 290 g/mol. The molecule has 0 bridgehead atoms. The highest BCUT2D eigenvalue weighted by molar-refractivity contribution is 6.36. The van der Waals surface area contributed by atoms with E-state index in [0.717, 1.165) is 12.0 Å². The number of aliphatic hydroxyl groups is 2. The molecular weight excluding hydrogens is 271 g/mol. The normalized spacial score (nSPS) is 16.3. The molecule has 2 nitrogen and oxygen atoms in total. The minimum absolute atomic E-state index is 0.00714. The Morgan fingerprint density at radius 2 is 1.67 bits per heavy atom. The molecule has 1 aromatic carbocycles. The van der Waals surface area contributed by atoms with Gasteiger partial charge in [-0.25, -0.2) is 0 Å². The van der Waals surface area contributed by atoms with Crippen molar-refractivity contribution in [3.8, 4) is 0 Å². The van der Waals surface area contributed by atoms with Crippen LogP contribution in [-0.2, 0) is 0 Å². The molecule has 0 aliphatic carbocycles. The van der Waals surface area contributed by atoms with E-state index in [2.05, 4.69) is 0 Å². The number of halogens is 2. The third-order valence-electron chi connectivity index (χ3n) is 3.12. The fourth-order valence-corrected chi connectivity index (χ4v) is 2.88. The van der Waals surface area contributed by atoms with E-state index in [4.69, 9.17) is 23.2 Å². The first-order chi connectivity index (χ1) is 8.47. The van der Waals surface area contributed by atoms with Gasteiger partial charge in [-0.2, -0.15) is 0 Å². The predicted molar refractivity (Wildman–Crippen MR) is 76.4 cm³/mol. The quantitative estimate of drug-likeness (QED) is 0.831. The van der Waals surface area contributed by atoms with Crippen LogP contribution in [-0.4, -0.2) is 22.4 Å². The zero-order valence-corrected chi connectivity index (χ0v) is 12.2. The topological polar surface area (TPSA) is 40.5 Å². The van der Waals surface area contributed by atoms with Gasteiger partial charge in [-0.05, 0) is 36.5 Å². The van der Waals surface area contributed by atoms with Gasteiger partial charge in [0.1, 0.15) is 0 Å². The van der Waals surface area contributed by atoms with Crippen LogP contribution in [0.25, 0.3) is 0 Å². The van der Waals surface area contributed by atoms with Gasteiger partial charge in [-0.1, -0.05) is 49.5 Å². The van der Waals surface area contributed by atoms with Crippen molar-refractivity contribution in [3.05, 3.63) is 33.8 Å². The third kappa shape index (κ3) is 4.13.